The molecule has 1 unspecified atom stereocenters. The van der Waals surface area contributed by atoms with E-state index in [9.17, 15) is 4.79 Å². The van der Waals surface area contributed by atoms with E-state index in [0.717, 1.165) is 19.5 Å². The molecule has 2 N–H and O–H groups in total. The summed E-state index contributed by atoms with van der Waals surface area (Å²) in [7, 11) is 0. The minimum absolute atomic E-state index is 0.0184. The van der Waals surface area contributed by atoms with Crippen molar-refractivity contribution in [3.8, 4) is 0 Å². The molecule has 0 radical (unpaired) electrons. The van der Waals surface area contributed by atoms with E-state index in [1.54, 1.807) is 11.0 Å². The lowest BCUT2D eigenvalue weighted by Crippen LogP contribution is -2.35. The molecule has 0 saturated carbocycles. The lowest BCUT2D eigenvalue weighted by atomic mass is 9.94. The van der Waals surface area contributed by atoms with E-state index < -0.39 is 0 Å². The molecule has 1 aliphatic rings. The molecule has 0 spiro atoms. The zero-order valence-electron chi connectivity index (χ0n) is 10.5. The Morgan fingerprint density at radius 1 is 1.59 bits per heavy atom. The first kappa shape index (κ1) is 14.2. The van der Waals surface area contributed by atoms with Gasteiger partial charge in [-0.25, -0.2) is 0 Å². The third-order valence-electron chi connectivity index (χ3n) is 3.24. The minimum Gasteiger partial charge on any atom is -0.395 e. The molecule has 1 fully saturated rings. The predicted molar refractivity (Wildman–Crippen MR) is 68.7 cm³/mol. The fourth-order valence-corrected chi connectivity index (χ4v) is 2.25. The Morgan fingerprint density at radius 3 is 3.00 bits per heavy atom. The van der Waals surface area contributed by atoms with Gasteiger partial charge in [0.1, 0.15) is 0 Å². The van der Waals surface area contributed by atoms with Crippen molar-refractivity contribution >= 4 is 5.91 Å². The van der Waals surface area contributed by atoms with Crippen LogP contribution >= 0.6 is 0 Å². The van der Waals surface area contributed by atoms with E-state index in [1.807, 2.05) is 0 Å². The monoisotopic (exact) mass is 240 g/mol. The van der Waals surface area contributed by atoms with Gasteiger partial charge in [0.15, 0.2) is 0 Å². The van der Waals surface area contributed by atoms with Gasteiger partial charge in [0.2, 0.25) is 5.91 Å². The summed E-state index contributed by atoms with van der Waals surface area (Å²) < 4.78 is 0. The number of aliphatic hydroxyl groups excluding tert-OH is 1. The fraction of sp³-hybridized carbons (Fsp3) is 0.769. The lowest BCUT2D eigenvalue weighted by Gasteiger charge is -2.24. The highest BCUT2D eigenvalue weighted by atomic mass is 16.3. The standard InChI is InChI=1S/C13H24N2O2/c1-2-8-15(9-10-16)13(17)6-5-12-4-3-7-14-11-12/h2,12,14,16H,1,3-11H2. The topological polar surface area (TPSA) is 52.6 Å². The van der Waals surface area contributed by atoms with Crippen LogP contribution in [0, 0.1) is 5.92 Å². The van der Waals surface area contributed by atoms with Crippen LogP contribution in [0.3, 0.4) is 0 Å². The first-order valence-electron chi connectivity index (χ1n) is 6.48. The van der Waals surface area contributed by atoms with Crippen molar-refractivity contribution in [3.63, 3.8) is 0 Å². The average Bonchev–Trinajstić information content (AvgIpc) is 2.37. The molecular formula is C13H24N2O2. The molecule has 4 nitrogen and oxygen atoms in total. The Bertz CT molecular complexity index is 238. The number of nitrogens with one attached hydrogen (secondary N) is 1. The Labute approximate surface area is 104 Å². The van der Waals surface area contributed by atoms with Gasteiger partial charge in [-0.1, -0.05) is 6.08 Å². The number of aliphatic hydroxyl groups is 1. The molecule has 0 aromatic rings. The number of carbonyl (C=O) groups is 1. The van der Waals surface area contributed by atoms with Crippen LogP contribution in [0.5, 0.6) is 0 Å². The zero-order valence-corrected chi connectivity index (χ0v) is 10.5. The highest BCUT2D eigenvalue weighted by Gasteiger charge is 2.17. The number of amides is 1. The van der Waals surface area contributed by atoms with Gasteiger partial charge in [-0.2, -0.15) is 0 Å². The molecule has 1 atom stereocenters. The first-order valence-corrected chi connectivity index (χ1v) is 6.48. The maximum Gasteiger partial charge on any atom is 0.222 e. The molecule has 0 bridgehead atoms. The highest BCUT2D eigenvalue weighted by Crippen LogP contribution is 2.16. The molecule has 0 aromatic carbocycles. The van der Waals surface area contributed by atoms with Crippen LogP contribution < -0.4 is 5.32 Å². The SMILES string of the molecule is C=CCN(CCO)C(=O)CCC1CCCNC1. The van der Waals surface area contributed by atoms with Gasteiger partial charge >= 0.3 is 0 Å². The number of carbonyl (C=O) groups excluding carboxylic acids is 1. The van der Waals surface area contributed by atoms with Gasteiger partial charge in [0, 0.05) is 19.5 Å². The third kappa shape index (κ3) is 5.33. The number of hydrogen-bond donors (Lipinski definition) is 2. The summed E-state index contributed by atoms with van der Waals surface area (Å²) in [6, 6.07) is 0. The molecular weight excluding hydrogens is 216 g/mol. The minimum atomic E-state index is 0.0184. The van der Waals surface area contributed by atoms with Crippen LogP contribution in [0.2, 0.25) is 0 Å². The van der Waals surface area contributed by atoms with Crippen molar-refractivity contribution in [2.45, 2.75) is 25.7 Å². The van der Waals surface area contributed by atoms with E-state index in [-0.39, 0.29) is 12.5 Å². The second-order valence-corrected chi connectivity index (χ2v) is 4.60. The average molecular weight is 240 g/mol. The van der Waals surface area contributed by atoms with Crippen LogP contribution in [-0.4, -0.2) is 48.7 Å². The molecule has 1 heterocycles. The molecule has 1 amide bonds. The van der Waals surface area contributed by atoms with E-state index in [4.69, 9.17) is 5.11 Å². The molecule has 17 heavy (non-hydrogen) atoms. The predicted octanol–water partition coefficient (Wildman–Crippen LogP) is 0.773. The van der Waals surface area contributed by atoms with Crippen molar-refractivity contribution in [1.29, 1.82) is 0 Å². The van der Waals surface area contributed by atoms with Gasteiger partial charge in [-0.3, -0.25) is 4.79 Å². The molecule has 1 rings (SSSR count). The summed E-state index contributed by atoms with van der Waals surface area (Å²) in [6.45, 7) is 6.73. The maximum atomic E-state index is 11.9. The van der Waals surface area contributed by atoms with Crippen LogP contribution in [0.15, 0.2) is 12.7 Å². The van der Waals surface area contributed by atoms with Gasteiger partial charge < -0.3 is 15.3 Å². The maximum absolute atomic E-state index is 11.9. The number of nitrogens with zero attached hydrogens (tertiary/aromatic N) is 1. The molecule has 98 valence electrons. The van der Waals surface area contributed by atoms with E-state index in [0.29, 0.717) is 25.4 Å². The number of piperidine rings is 1. The van der Waals surface area contributed by atoms with Gasteiger partial charge in [0.05, 0.1) is 6.61 Å². The Hall–Kier alpha value is -0.870. The summed E-state index contributed by atoms with van der Waals surface area (Å²) in [5, 5.41) is 12.2. The van der Waals surface area contributed by atoms with Gasteiger partial charge in [0.25, 0.3) is 0 Å². The summed E-state index contributed by atoms with van der Waals surface area (Å²) in [4.78, 5) is 13.6. The zero-order chi connectivity index (χ0) is 12.5. The van der Waals surface area contributed by atoms with E-state index in [1.165, 1.54) is 12.8 Å². The van der Waals surface area contributed by atoms with Gasteiger partial charge in [-0.15, -0.1) is 6.58 Å². The quantitative estimate of drug-likeness (QED) is 0.646. The van der Waals surface area contributed by atoms with Crippen molar-refractivity contribution in [2.75, 3.05) is 32.8 Å². The van der Waals surface area contributed by atoms with Gasteiger partial charge in [-0.05, 0) is 38.3 Å². The Balaban J connectivity index is 2.27. The number of hydrogen-bond acceptors (Lipinski definition) is 3. The van der Waals surface area contributed by atoms with E-state index in [2.05, 4.69) is 11.9 Å². The first-order chi connectivity index (χ1) is 8.27. The van der Waals surface area contributed by atoms with Crippen molar-refractivity contribution < 1.29 is 9.90 Å². The lowest BCUT2D eigenvalue weighted by molar-refractivity contribution is -0.131. The van der Waals surface area contributed by atoms with Crippen molar-refractivity contribution in [2.24, 2.45) is 5.92 Å². The molecule has 1 aliphatic heterocycles. The van der Waals surface area contributed by atoms with Crippen LogP contribution in [0.25, 0.3) is 0 Å². The Kier molecular flexibility index (Phi) is 6.89. The summed E-state index contributed by atoms with van der Waals surface area (Å²) in [6.07, 6.45) is 5.68. The molecule has 0 aliphatic carbocycles. The van der Waals surface area contributed by atoms with Crippen LogP contribution in [0.4, 0.5) is 0 Å². The van der Waals surface area contributed by atoms with E-state index >= 15 is 0 Å². The van der Waals surface area contributed by atoms with Crippen molar-refractivity contribution in [3.05, 3.63) is 12.7 Å². The summed E-state index contributed by atoms with van der Waals surface area (Å²) >= 11 is 0. The molecule has 1 saturated heterocycles. The molecule has 0 aromatic heterocycles. The molecule has 4 heteroatoms. The largest absolute Gasteiger partial charge is 0.395 e. The van der Waals surface area contributed by atoms with Crippen molar-refractivity contribution in [1.82, 2.24) is 10.2 Å². The third-order valence-corrected chi connectivity index (χ3v) is 3.24. The Morgan fingerprint density at radius 2 is 2.41 bits per heavy atom. The van der Waals surface area contributed by atoms with Crippen LogP contribution in [0.1, 0.15) is 25.7 Å². The normalized spacial score (nSPS) is 19.9. The summed E-state index contributed by atoms with van der Waals surface area (Å²) in [5.41, 5.74) is 0. The smallest absolute Gasteiger partial charge is 0.222 e. The van der Waals surface area contributed by atoms with Crippen LogP contribution in [-0.2, 0) is 4.79 Å². The second-order valence-electron chi connectivity index (χ2n) is 4.60. The fourth-order valence-electron chi connectivity index (χ4n) is 2.25. The second kappa shape index (κ2) is 8.25. The highest BCUT2D eigenvalue weighted by molar-refractivity contribution is 5.76. The number of rotatable bonds is 7. The summed E-state index contributed by atoms with van der Waals surface area (Å²) in [5.74, 6) is 0.761.